The molecule has 0 aliphatic heterocycles. The Morgan fingerprint density at radius 1 is 1.33 bits per heavy atom. The Labute approximate surface area is 87.2 Å². The highest BCUT2D eigenvalue weighted by molar-refractivity contribution is 9.10. The lowest BCUT2D eigenvalue weighted by Gasteiger charge is -1.96. The van der Waals surface area contributed by atoms with Crippen LogP contribution in [0.3, 0.4) is 0 Å². The Morgan fingerprint density at radius 3 is 2.83 bits per heavy atom. The highest BCUT2D eigenvalue weighted by Gasteiger charge is 2.03. The van der Waals surface area contributed by atoms with E-state index in [-0.39, 0.29) is 0 Å². The van der Waals surface area contributed by atoms with Crippen LogP contribution in [0, 0.1) is 0 Å². The number of aromatic nitrogens is 2. The van der Waals surface area contributed by atoms with E-state index in [9.17, 15) is 0 Å². The smallest absolute Gasteiger partial charge is 0.154 e. The van der Waals surface area contributed by atoms with Crippen LogP contribution in [0.25, 0.3) is 5.52 Å². The van der Waals surface area contributed by atoms with Gasteiger partial charge in [-0.1, -0.05) is 23.2 Å². The Balaban J connectivity index is 2.88. The van der Waals surface area contributed by atoms with Crippen molar-refractivity contribution in [1.82, 2.24) is 9.38 Å². The predicted molar refractivity (Wildman–Crippen MR) is 52.9 cm³/mol. The molecule has 2 nitrogen and oxygen atoms in total. The molecular formula is C7H3BrCl2N2. The van der Waals surface area contributed by atoms with Crippen LogP contribution in [0.5, 0.6) is 0 Å². The molecule has 2 aromatic rings. The van der Waals surface area contributed by atoms with Crippen molar-refractivity contribution in [2.24, 2.45) is 0 Å². The monoisotopic (exact) mass is 264 g/mol. The molecule has 2 aromatic heterocycles. The first kappa shape index (κ1) is 8.35. The second-order valence-electron chi connectivity index (χ2n) is 2.31. The number of hydrogen-bond acceptors (Lipinski definition) is 1. The minimum atomic E-state index is 0.385. The molecule has 0 radical (unpaired) electrons. The first-order valence-corrected chi connectivity index (χ1v) is 4.71. The summed E-state index contributed by atoms with van der Waals surface area (Å²) in [6.45, 7) is 0. The van der Waals surface area contributed by atoms with Gasteiger partial charge in [0.25, 0.3) is 0 Å². The summed E-state index contributed by atoms with van der Waals surface area (Å²) in [7, 11) is 0. The van der Waals surface area contributed by atoms with Crippen LogP contribution < -0.4 is 0 Å². The van der Waals surface area contributed by atoms with Crippen LogP contribution in [0.2, 0.25) is 10.3 Å². The summed E-state index contributed by atoms with van der Waals surface area (Å²) in [5, 5.41) is 0.795. The van der Waals surface area contributed by atoms with Crippen molar-refractivity contribution >= 4 is 44.6 Å². The van der Waals surface area contributed by atoms with Crippen molar-refractivity contribution in [3.8, 4) is 0 Å². The third-order valence-corrected chi connectivity index (χ3v) is 2.37. The van der Waals surface area contributed by atoms with E-state index < -0.39 is 0 Å². The van der Waals surface area contributed by atoms with Gasteiger partial charge in [-0.15, -0.1) is 0 Å². The van der Waals surface area contributed by atoms with E-state index in [1.807, 2.05) is 16.7 Å². The SMILES string of the molecule is Clc1cn2cc(Br)cc2c(Cl)n1. The average Bonchev–Trinajstić information content (AvgIpc) is 2.29. The summed E-state index contributed by atoms with van der Waals surface area (Å²) in [5.41, 5.74) is 0.841. The summed E-state index contributed by atoms with van der Waals surface area (Å²) in [6.07, 6.45) is 3.57. The van der Waals surface area contributed by atoms with Crippen LogP contribution in [0.1, 0.15) is 0 Å². The molecule has 0 unspecified atom stereocenters. The number of rotatable bonds is 0. The van der Waals surface area contributed by atoms with Gasteiger partial charge in [-0.05, 0) is 22.0 Å². The zero-order valence-corrected chi connectivity index (χ0v) is 8.86. The third kappa shape index (κ3) is 1.32. The van der Waals surface area contributed by atoms with Gasteiger partial charge in [-0.25, -0.2) is 4.98 Å². The van der Waals surface area contributed by atoms with Crippen LogP contribution >= 0.6 is 39.1 Å². The van der Waals surface area contributed by atoms with Crippen LogP contribution in [-0.4, -0.2) is 9.38 Å². The standard InChI is InChI=1S/C7H3BrCl2N2/c8-4-1-5-7(10)11-6(9)3-12(5)2-4/h1-3H. The Kier molecular flexibility index (Phi) is 2.02. The number of halogens is 3. The molecule has 0 spiro atoms. The van der Waals surface area contributed by atoms with Crippen molar-refractivity contribution < 1.29 is 0 Å². The Morgan fingerprint density at radius 2 is 2.08 bits per heavy atom. The van der Waals surface area contributed by atoms with Crippen LogP contribution in [0.15, 0.2) is 22.9 Å². The van der Waals surface area contributed by atoms with E-state index in [0.717, 1.165) is 9.99 Å². The molecule has 0 aliphatic rings. The van der Waals surface area contributed by atoms with Gasteiger partial charge in [0, 0.05) is 16.9 Å². The van der Waals surface area contributed by atoms with Gasteiger partial charge in [0.15, 0.2) is 5.15 Å². The zero-order valence-electron chi connectivity index (χ0n) is 5.76. The van der Waals surface area contributed by atoms with Crippen molar-refractivity contribution in [3.63, 3.8) is 0 Å². The van der Waals surface area contributed by atoms with Gasteiger partial charge >= 0.3 is 0 Å². The molecule has 2 rings (SSSR count). The van der Waals surface area contributed by atoms with E-state index in [0.29, 0.717) is 10.3 Å². The maximum Gasteiger partial charge on any atom is 0.154 e. The normalized spacial score (nSPS) is 10.9. The molecule has 0 aliphatic carbocycles. The van der Waals surface area contributed by atoms with E-state index in [4.69, 9.17) is 23.2 Å². The van der Waals surface area contributed by atoms with E-state index in [1.54, 1.807) is 6.20 Å². The highest BCUT2D eigenvalue weighted by Crippen LogP contribution is 2.22. The van der Waals surface area contributed by atoms with Gasteiger partial charge < -0.3 is 4.40 Å². The lowest BCUT2D eigenvalue weighted by molar-refractivity contribution is 1.14. The molecule has 0 atom stereocenters. The fourth-order valence-corrected chi connectivity index (χ4v) is 1.93. The molecule has 0 saturated heterocycles. The van der Waals surface area contributed by atoms with Crippen LogP contribution in [0.4, 0.5) is 0 Å². The molecule has 0 saturated carbocycles. The van der Waals surface area contributed by atoms with Crippen molar-refractivity contribution in [3.05, 3.63) is 33.2 Å². The van der Waals surface area contributed by atoms with Gasteiger partial charge in [0.1, 0.15) is 5.15 Å². The molecule has 0 bridgehead atoms. The fraction of sp³-hybridized carbons (Fsp3) is 0. The van der Waals surface area contributed by atoms with Crippen molar-refractivity contribution in [1.29, 1.82) is 0 Å². The summed E-state index contributed by atoms with van der Waals surface area (Å²) in [5.74, 6) is 0. The lowest BCUT2D eigenvalue weighted by atomic mass is 10.5. The topological polar surface area (TPSA) is 17.3 Å². The quantitative estimate of drug-likeness (QED) is 0.714. The third-order valence-electron chi connectivity index (χ3n) is 1.48. The van der Waals surface area contributed by atoms with E-state index >= 15 is 0 Å². The second kappa shape index (κ2) is 2.91. The van der Waals surface area contributed by atoms with Crippen molar-refractivity contribution in [2.75, 3.05) is 0 Å². The van der Waals surface area contributed by atoms with E-state index in [1.165, 1.54) is 0 Å². The summed E-state index contributed by atoms with van der Waals surface area (Å²) >= 11 is 14.9. The summed E-state index contributed by atoms with van der Waals surface area (Å²) in [6, 6.07) is 1.88. The fourth-order valence-electron chi connectivity index (χ4n) is 1.01. The number of fused-ring (bicyclic) bond motifs is 1. The van der Waals surface area contributed by atoms with Gasteiger partial charge in [-0.3, -0.25) is 0 Å². The minimum absolute atomic E-state index is 0.385. The van der Waals surface area contributed by atoms with Gasteiger partial charge in [0.05, 0.1) is 5.52 Å². The molecule has 0 fully saturated rings. The maximum atomic E-state index is 5.84. The average molecular weight is 266 g/mol. The lowest BCUT2D eigenvalue weighted by Crippen LogP contribution is -1.85. The number of hydrogen-bond donors (Lipinski definition) is 0. The molecule has 0 N–H and O–H groups in total. The summed E-state index contributed by atoms with van der Waals surface area (Å²) in [4.78, 5) is 3.90. The highest BCUT2D eigenvalue weighted by atomic mass is 79.9. The molecule has 0 amide bonds. The van der Waals surface area contributed by atoms with Crippen molar-refractivity contribution in [2.45, 2.75) is 0 Å². The molecule has 5 heteroatoms. The predicted octanol–water partition coefficient (Wildman–Crippen LogP) is 3.40. The zero-order chi connectivity index (χ0) is 8.72. The van der Waals surface area contributed by atoms with Gasteiger partial charge in [-0.2, -0.15) is 0 Å². The summed E-state index contributed by atoms with van der Waals surface area (Å²) < 4.78 is 2.77. The first-order chi connectivity index (χ1) is 5.66. The molecule has 62 valence electrons. The molecular weight excluding hydrogens is 263 g/mol. The van der Waals surface area contributed by atoms with Crippen LogP contribution in [-0.2, 0) is 0 Å². The molecule has 2 heterocycles. The molecule has 0 aromatic carbocycles. The second-order valence-corrected chi connectivity index (χ2v) is 3.97. The number of nitrogens with zero attached hydrogens (tertiary/aromatic N) is 2. The largest absolute Gasteiger partial charge is 0.317 e. The van der Waals surface area contributed by atoms with Gasteiger partial charge in [0.2, 0.25) is 0 Å². The Hall–Kier alpha value is -0.250. The maximum absolute atomic E-state index is 5.84. The first-order valence-electron chi connectivity index (χ1n) is 3.16. The van der Waals surface area contributed by atoms with E-state index in [2.05, 4.69) is 20.9 Å². The molecule has 12 heavy (non-hydrogen) atoms. The Bertz CT molecular complexity index is 438. The minimum Gasteiger partial charge on any atom is -0.317 e.